The van der Waals surface area contributed by atoms with Crippen LogP contribution in [0.1, 0.15) is 31.1 Å². The largest absolute Gasteiger partial charge is 0.490 e. The summed E-state index contributed by atoms with van der Waals surface area (Å²) in [7, 11) is 0. The molecule has 2 heterocycles. The number of hydrogen-bond acceptors (Lipinski definition) is 6. The Bertz CT molecular complexity index is 1230. The van der Waals surface area contributed by atoms with E-state index < -0.39 is 23.0 Å². The molecule has 0 radical (unpaired) electrons. The van der Waals surface area contributed by atoms with Crippen molar-refractivity contribution in [3.8, 4) is 11.5 Å². The number of benzene rings is 2. The van der Waals surface area contributed by atoms with Crippen molar-refractivity contribution in [2.45, 2.75) is 26.1 Å². The number of amides is 1. The SMILES string of the molecule is CCOc1cc(/C=C2/C(=N)N3N=C(C(F)(F)F)SC3=NC2=O)ccc1O[C@H](C)c1ccccc1. The minimum Gasteiger partial charge on any atom is -0.490 e. The molecule has 0 fully saturated rings. The summed E-state index contributed by atoms with van der Waals surface area (Å²) < 4.78 is 50.7. The molecule has 1 amide bonds. The molecule has 2 aliphatic rings. The molecule has 0 saturated carbocycles. The van der Waals surface area contributed by atoms with Gasteiger partial charge >= 0.3 is 6.18 Å². The molecule has 1 N–H and O–H groups in total. The van der Waals surface area contributed by atoms with Crippen LogP contribution >= 0.6 is 11.8 Å². The fraction of sp³-hybridized carbons (Fsp3) is 0.217. The molecule has 0 unspecified atom stereocenters. The lowest BCUT2D eigenvalue weighted by molar-refractivity contribution is -0.114. The van der Waals surface area contributed by atoms with Crippen molar-refractivity contribution in [1.82, 2.24) is 5.01 Å². The highest BCUT2D eigenvalue weighted by Gasteiger charge is 2.46. The van der Waals surface area contributed by atoms with Gasteiger partial charge in [-0.1, -0.05) is 36.4 Å². The van der Waals surface area contributed by atoms with E-state index in [4.69, 9.17) is 14.9 Å². The van der Waals surface area contributed by atoms with Crippen molar-refractivity contribution in [2.24, 2.45) is 10.1 Å². The first-order chi connectivity index (χ1) is 16.2. The molecule has 34 heavy (non-hydrogen) atoms. The average molecular weight is 488 g/mol. The number of nitrogens with one attached hydrogen (secondary N) is 1. The molecule has 2 aliphatic heterocycles. The van der Waals surface area contributed by atoms with Crippen molar-refractivity contribution in [2.75, 3.05) is 6.61 Å². The Morgan fingerprint density at radius 2 is 1.91 bits per heavy atom. The van der Waals surface area contributed by atoms with E-state index in [1.54, 1.807) is 18.2 Å². The molecule has 0 aliphatic carbocycles. The quantitative estimate of drug-likeness (QED) is 0.550. The molecule has 0 aromatic heterocycles. The minimum absolute atomic E-state index is 0.190. The summed E-state index contributed by atoms with van der Waals surface area (Å²) in [5.41, 5.74) is 1.28. The standard InChI is InChI=1S/C23H19F3N4O3S/c1-3-32-18-12-14(9-10-17(18)33-13(2)15-7-5-4-6-8-15)11-16-19(27)30-22(28-20(16)31)34-21(29-30)23(24,25)26/h4-13,27H,3H2,1-2H3/b16-11-,27-19?/t13-/m1/s1. The van der Waals surface area contributed by atoms with Gasteiger partial charge in [-0.3, -0.25) is 10.2 Å². The van der Waals surface area contributed by atoms with E-state index >= 15 is 0 Å². The molecule has 0 saturated heterocycles. The second-order valence-corrected chi connectivity index (χ2v) is 8.19. The molecule has 2 aromatic rings. The van der Waals surface area contributed by atoms with Gasteiger partial charge in [0.25, 0.3) is 5.91 Å². The first-order valence-corrected chi connectivity index (χ1v) is 11.0. The highest BCUT2D eigenvalue weighted by Crippen LogP contribution is 2.36. The number of thioether (sulfide) groups is 1. The highest BCUT2D eigenvalue weighted by atomic mass is 32.2. The Morgan fingerprint density at radius 3 is 2.59 bits per heavy atom. The van der Waals surface area contributed by atoms with Gasteiger partial charge in [0.2, 0.25) is 10.2 Å². The molecule has 0 bridgehead atoms. The fourth-order valence-electron chi connectivity index (χ4n) is 3.24. The van der Waals surface area contributed by atoms with E-state index in [-0.39, 0.29) is 28.6 Å². The van der Waals surface area contributed by atoms with Gasteiger partial charge in [-0.25, -0.2) is 0 Å². The van der Waals surface area contributed by atoms with E-state index in [2.05, 4.69) is 10.1 Å². The van der Waals surface area contributed by atoms with Gasteiger partial charge in [-0.2, -0.15) is 28.3 Å². The first-order valence-electron chi connectivity index (χ1n) is 10.2. The fourth-order valence-corrected chi connectivity index (χ4v) is 3.99. The molecular weight excluding hydrogens is 469 g/mol. The molecule has 176 valence electrons. The van der Waals surface area contributed by atoms with Crippen molar-refractivity contribution in [3.63, 3.8) is 0 Å². The number of nitrogens with zero attached hydrogens (tertiary/aromatic N) is 3. The number of hydrogen-bond donors (Lipinski definition) is 1. The van der Waals surface area contributed by atoms with Gasteiger partial charge in [0.15, 0.2) is 17.3 Å². The molecule has 0 spiro atoms. The van der Waals surface area contributed by atoms with E-state index in [0.717, 1.165) is 5.56 Å². The summed E-state index contributed by atoms with van der Waals surface area (Å²) in [5, 5.41) is 10.9. The third kappa shape index (κ3) is 4.84. The number of amidine groups is 2. The van der Waals surface area contributed by atoms with Crippen LogP contribution in [0.5, 0.6) is 11.5 Å². The van der Waals surface area contributed by atoms with E-state index in [1.165, 1.54) is 6.08 Å². The molecule has 1 atom stereocenters. The second-order valence-electron chi connectivity index (χ2n) is 7.23. The lowest BCUT2D eigenvalue weighted by atomic mass is 10.1. The van der Waals surface area contributed by atoms with Gasteiger partial charge in [0.05, 0.1) is 12.2 Å². The first kappa shape index (κ1) is 23.6. The lowest BCUT2D eigenvalue weighted by Crippen LogP contribution is -2.35. The predicted molar refractivity (Wildman–Crippen MR) is 124 cm³/mol. The third-order valence-electron chi connectivity index (χ3n) is 4.85. The zero-order chi connectivity index (χ0) is 24.5. The Morgan fingerprint density at radius 1 is 1.18 bits per heavy atom. The molecule has 2 aromatic carbocycles. The number of alkyl halides is 3. The Kier molecular flexibility index (Phi) is 6.47. The smallest absolute Gasteiger partial charge is 0.441 e. The van der Waals surface area contributed by atoms with Crippen LogP contribution in [0.25, 0.3) is 6.08 Å². The Balaban J connectivity index is 1.61. The monoisotopic (exact) mass is 488 g/mol. The second kappa shape index (κ2) is 9.34. The van der Waals surface area contributed by atoms with Crippen molar-refractivity contribution in [1.29, 1.82) is 5.41 Å². The number of carbonyl (C=O) groups is 1. The normalized spacial score (nSPS) is 17.9. The summed E-state index contributed by atoms with van der Waals surface area (Å²) in [5.74, 6) is -0.398. The number of rotatable bonds is 6. The molecular formula is C23H19F3N4O3S. The lowest BCUT2D eigenvalue weighted by Gasteiger charge is -2.20. The number of aliphatic imine (C=N–C) groups is 1. The van der Waals surface area contributed by atoms with E-state index in [9.17, 15) is 18.0 Å². The highest BCUT2D eigenvalue weighted by molar-refractivity contribution is 8.27. The van der Waals surface area contributed by atoms with Crippen LogP contribution in [0, 0.1) is 5.41 Å². The average Bonchev–Trinajstić information content (AvgIpc) is 3.24. The Hall–Kier alpha value is -3.60. The summed E-state index contributed by atoms with van der Waals surface area (Å²) in [6.45, 7) is 4.08. The minimum atomic E-state index is -4.70. The van der Waals surface area contributed by atoms with Gasteiger partial charge in [-0.15, -0.1) is 0 Å². The number of carbonyl (C=O) groups excluding carboxylic acids is 1. The van der Waals surface area contributed by atoms with Crippen molar-refractivity contribution in [3.05, 3.63) is 65.2 Å². The van der Waals surface area contributed by atoms with Crippen LogP contribution in [-0.4, -0.2) is 39.7 Å². The number of fused-ring (bicyclic) bond motifs is 1. The molecule has 4 rings (SSSR count). The number of hydrazone groups is 1. The van der Waals surface area contributed by atoms with Crippen molar-refractivity contribution < 1.29 is 27.4 Å². The van der Waals surface area contributed by atoms with Gasteiger partial charge in [-0.05, 0) is 54.9 Å². The van der Waals surface area contributed by atoms with E-state index in [1.807, 2.05) is 44.2 Å². The summed E-state index contributed by atoms with van der Waals surface area (Å²) in [6.07, 6.45) is -3.58. The zero-order valence-corrected chi connectivity index (χ0v) is 18.9. The summed E-state index contributed by atoms with van der Waals surface area (Å²) >= 11 is 0.208. The predicted octanol–water partition coefficient (Wildman–Crippen LogP) is 5.41. The maximum absolute atomic E-state index is 13.0. The van der Waals surface area contributed by atoms with Crippen molar-refractivity contribution >= 4 is 39.8 Å². The van der Waals surface area contributed by atoms with Crippen LogP contribution in [0.4, 0.5) is 13.2 Å². The number of ether oxygens (including phenoxy) is 2. The summed E-state index contributed by atoms with van der Waals surface area (Å²) in [4.78, 5) is 16.1. The van der Waals surface area contributed by atoms with E-state index in [0.29, 0.717) is 28.7 Å². The summed E-state index contributed by atoms with van der Waals surface area (Å²) in [6, 6.07) is 14.6. The molecule has 7 nitrogen and oxygen atoms in total. The van der Waals surface area contributed by atoms with Crippen LogP contribution in [0.15, 0.2) is 64.2 Å². The van der Waals surface area contributed by atoms with Crippen LogP contribution in [0.3, 0.4) is 0 Å². The maximum atomic E-state index is 13.0. The van der Waals surface area contributed by atoms with Crippen LogP contribution in [-0.2, 0) is 4.79 Å². The number of halogens is 3. The Labute approximate surface area is 197 Å². The third-order valence-corrected chi connectivity index (χ3v) is 5.80. The van der Waals surface area contributed by atoms with Gasteiger partial charge < -0.3 is 9.47 Å². The van der Waals surface area contributed by atoms with Crippen LogP contribution < -0.4 is 9.47 Å². The topological polar surface area (TPSA) is 87.3 Å². The van der Waals surface area contributed by atoms with Gasteiger partial charge in [0, 0.05) is 0 Å². The van der Waals surface area contributed by atoms with Crippen LogP contribution in [0.2, 0.25) is 0 Å². The zero-order valence-electron chi connectivity index (χ0n) is 18.1. The van der Waals surface area contributed by atoms with Gasteiger partial charge in [0.1, 0.15) is 6.10 Å². The maximum Gasteiger partial charge on any atom is 0.441 e. The molecule has 11 heteroatoms.